The maximum Gasteiger partial charge on any atom is 0.328 e. The van der Waals surface area contributed by atoms with E-state index in [2.05, 4.69) is 74.4 Å². The van der Waals surface area contributed by atoms with E-state index in [0.29, 0.717) is 37.8 Å². The van der Waals surface area contributed by atoms with Crippen molar-refractivity contribution in [2.45, 2.75) is 259 Å². The van der Waals surface area contributed by atoms with Crippen LogP contribution in [0.15, 0.2) is 24.3 Å². The number of carbonyl (C=O) groups excluding carboxylic acids is 15. The fourth-order valence-corrected chi connectivity index (χ4v) is 12.3. The summed E-state index contributed by atoms with van der Waals surface area (Å²) in [6.07, 6.45) is -7.75. The Bertz CT molecular complexity index is 3710. The lowest BCUT2D eigenvalue weighted by atomic mass is 10.0. The summed E-state index contributed by atoms with van der Waals surface area (Å²) >= 11 is 0. The number of carboxylic acid groups (broad SMARTS) is 2. The number of nitrogens with zero attached hydrogens (tertiary/aromatic N) is 1. The van der Waals surface area contributed by atoms with Crippen molar-refractivity contribution in [3.63, 3.8) is 0 Å². The van der Waals surface area contributed by atoms with Gasteiger partial charge in [0.1, 0.15) is 78.3 Å². The SMILES string of the molecule is C[C@H](NC(=O)[C@H](CCCNC(=N)N)NC(=O)[C@H](CC(N)=O)NC(=O)[C@@H](NC(=O)[C@H](CCCNC(=N)N)NC(=O)[C@@H](NC(=O)CNC(=O)[C@@H](NC(=O)[C@@H]1CCCN1C(=O)[C@H](Cc1ccc(O)cc1)NC(=O)[C@H](CCCCN)NC(=O)[C@H](CCCCN)NC(=O)[C@H](CC(=O)O)NC(=O)[C@@H](N)CCCCN)[C@@H](C)O)[C@@H](C)O)[C@@H](C)O)C(=O)N[C@H](C(=O)O)[C@@H](C)O. The smallest absolute Gasteiger partial charge is 0.328 e. The number of hydrogen-bond donors (Lipinski definition) is 31. The number of nitrogens with one attached hydrogen (secondary N) is 17. The molecule has 18 atom stereocenters. The summed E-state index contributed by atoms with van der Waals surface area (Å²) in [5, 5.41) is 122. The first-order chi connectivity index (χ1) is 57.4. The fourth-order valence-electron chi connectivity index (χ4n) is 12.3. The van der Waals surface area contributed by atoms with E-state index in [1.54, 1.807) is 0 Å². The summed E-state index contributed by atoms with van der Waals surface area (Å²) in [5.41, 5.74) is 39.7. The molecule has 1 aliphatic rings. The Morgan fingerprint density at radius 1 is 0.434 bits per heavy atom. The minimum atomic E-state index is -2.07. The van der Waals surface area contributed by atoms with Crippen molar-refractivity contribution in [1.82, 2.24) is 84.7 Å². The molecule has 0 aliphatic carbocycles. The minimum Gasteiger partial charge on any atom is -0.508 e. The van der Waals surface area contributed by atoms with Crippen LogP contribution in [0.5, 0.6) is 5.75 Å². The lowest BCUT2D eigenvalue weighted by Crippen LogP contribution is -2.62. The molecule has 0 aromatic heterocycles. The van der Waals surface area contributed by atoms with Gasteiger partial charge in [-0.05, 0) is 162 Å². The molecule has 1 aromatic carbocycles. The number of benzene rings is 1. The average Bonchev–Trinajstić information content (AvgIpc) is 1.74. The molecule has 38 N–H and O–H groups in total. The van der Waals surface area contributed by atoms with Gasteiger partial charge >= 0.3 is 11.9 Å². The number of primary amides is 1. The molecule has 686 valence electrons. The number of phenolic OH excluding ortho intramolecular Hbond substituents is 1. The van der Waals surface area contributed by atoms with E-state index in [1.165, 1.54) is 24.3 Å². The van der Waals surface area contributed by atoms with Crippen LogP contribution in [0.3, 0.4) is 0 Å². The van der Waals surface area contributed by atoms with Crippen molar-refractivity contribution in [2.75, 3.05) is 45.8 Å². The summed E-state index contributed by atoms with van der Waals surface area (Å²) in [6, 6.07) is -17.9. The number of aliphatic hydroxyl groups is 4. The average molecular weight is 1740 g/mol. The van der Waals surface area contributed by atoms with Gasteiger partial charge in [-0.3, -0.25) is 87.5 Å². The largest absolute Gasteiger partial charge is 0.508 e. The number of carboxylic acids is 2. The first-order valence-corrected chi connectivity index (χ1v) is 39.8. The van der Waals surface area contributed by atoms with Gasteiger partial charge in [-0.1, -0.05) is 18.6 Å². The lowest BCUT2D eigenvalue weighted by Gasteiger charge is -2.31. The van der Waals surface area contributed by atoms with Gasteiger partial charge in [0.2, 0.25) is 88.6 Å². The third-order valence-electron chi connectivity index (χ3n) is 19.0. The molecule has 0 radical (unpaired) electrons. The van der Waals surface area contributed by atoms with Crippen molar-refractivity contribution in [3.05, 3.63) is 29.8 Å². The van der Waals surface area contributed by atoms with Gasteiger partial charge in [0.15, 0.2) is 18.0 Å². The van der Waals surface area contributed by atoms with Gasteiger partial charge in [0.25, 0.3) is 0 Å². The zero-order valence-corrected chi connectivity index (χ0v) is 68.9. The monoisotopic (exact) mass is 1740 g/mol. The van der Waals surface area contributed by atoms with Gasteiger partial charge in [-0.2, -0.15) is 0 Å². The maximum atomic E-state index is 15.0. The van der Waals surface area contributed by atoms with Crippen LogP contribution in [0.25, 0.3) is 0 Å². The highest BCUT2D eigenvalue weighted by atomic mass is 16.4. The number of nitrogens with two attached hydrogens (primary N) is 7. The zero-order valence-electron chi connectivity index (χ0n) is 68.9. The molecule has 1 saturated heterocycles. The molecular weight excluding hydrogens is 1610 g/mol. The molecule has 49 heteroatoms. The molecule has 15 amide bonds. The van der Waals surface area contributed by atoms with E-state index in [4.69, 9.17) is 51.0 Å². The molecule has 1 aliphatic heterocycles. The number of phenols is 1. The highest BCUT2D eigenvalue weighted by Gasteiger charge is 2.43. The molecule has 2 rings (SSSR count). The Morgan fingerprint density at radius 3 is 1.26 bits per heavy atom. The number of carbonyl (C=O) groups is 17. The van der Waals surface area contributed by atoms with Crippen molar-refractivity contribution in [3.8, 4) is 5.75 Å². The zero-order chi connectivity index (χ0) is 92.2. The number of aliphatic hydroxyl groups excluding tert-OH is 4. The summed E-state index contributed by atoms with van der Waals surface area (Å²) in [4.78, 5) is 233. The second-order valence-corrected chi connectivity index (χ2v) is 29.4. The summed E-state index contributed by atoms with van der Waals surface area (Å²) in [6.45, 7) is 4.67. The molecule has 49 nitrogen and oxygen atoms in total. The van der Waals surface area contributed by atoms with Crippen LogP contribution >= 0.6 is 0 Å². The number of hydrogen-bond acceptors (Lipinski definition) is 28. The van der Waals surface area contributed by atoms with Gasteiger partial charge in [0.05, 0.1) is 49.8 Å². The molecule has 0 spiro atoms. The number of aliphatic carboxylic acids is 2. The third kappa shape index (κ3) is 39.2. The van der Waals surface area contributed by atoms with Crippen LogP contribution in [-0.2, 0) is 87.9 Å². The standard InChI is InChI=1S/C73H125N25O24/c1-35(58(108)97-57(39(5)102)71(121)122)86-60(110)45(18-12-28-83-72(79)80)89-64(114)47(32-51(78)104)92-69(119)56(38(4)101)95-63(113)46(19-13-29-84-73(81)82)90-68(118)55(37(3)100)94-52(105)34-85-67(117)54(36(2)99)96-66(116)50-20-14-30-98(50)70(120)49(31-40-21-23-41(103)24-22-40)93-62(112)44(17-8-11-27-76)87-61(111)43(16-7-10-26-75)88-65(115)48(33-53(106)107)91-59(109)42(77)15-6-9-25-74/h21-24,35-39,42-50,54-57,99-103H,6-20,25-34,74-77H2,1-5H3,(H2,78,104)(H,85,117)(H,86,110)(H,87,111)(H,88,115)(H,89,114)(H,90,118)(H,91,109)(H,92,119)(H,93,112)(H,94,105)(H,95,113)(H,96,116)(H,97,108)(H,106,107)(H,121,122)(H4,79,80,83)(H4,81,82,84)/t35-,36+,37+,38+,39+,42-,43-,44-,45-,46-,47-,48-,49-,50-,54-,55-,56-,57-/m0/s1. The first kappa shape index (κ1) is 106. The first-order valence-electron chi connectivity index (χ1n) is 39.8. The maximum absolute atomic E-state index is 15.0. The molecule has 0 unspecified atom stereocenters. The van der Waals surface area contributed by atoms with Crippen LogP contribution < -0.4 is 120 Å². The number of likely N-dealkylation sites (tertiary alicyclic amines) is 1. The van der Waals surface area contributed by atoms with Crippen molar-refractivity contribution < 1.29 is 117 Å². The van der Waals surface area contributed by atoms with E-state index >= 15 is 0 Å². The van der Waals surface area contributed by atoms with Gasteiger partial charge in [-0.25, -0.2) is 4.79 Å². The molecule has 1 heterocycles. The normalized spacial score (nSPS) is 16.5. The topological polar surface area (TPSA) is 845 Å². The van der Waals surface area contributed by atoms with E-state index in [-0.39, 0.29) is 116 Å². The Hall–Kier alpha value is -11.8. The van der Waals surface area contributed by atoms with Gasteiger partial charge in [0, 0.05) is 26.1 Å². The number of amides is 15. The van der Waals surface area contributed by atoms with E-state index in [9.17, 15) is 117 Å². The second-order valence-electron chi connectivity index (χ2n) is 29.4. The molecule has 0 saturated carbocycles. The van der Waals surface area contributed by atoms with Crippen LogP contribution in [0.1, 0.15) is 149 Å². The predicted octanol–water partition coefficient (Wildman–Crippen LogP) is -11.9. The van der Waals surface area contributed by atoms with Crippen molar-refractivity contribution in [1.29, 1.82) is 10.8 Å². The Kier molecular flexibility index (Phi) is 48.1. The van der Waals surface area contributed by atoms with Gasteiger partial charge in [-0.15, -0.1) is 0 Å². The lowest BCUT2D eigenvalue weighted by molar-refractivity contribution is -0.145. The van der Waals surface area contributed by atoms with Gasteiger partial charge < -0.3 is 161 Å². The van der Waals surface area contributed by atoms with Crippen LogP contribution in [0.2, 0.25) is 0 Å². The number of unbranched alkanes of at least 4 members (excludes halogenated alkanes) is 3. The Labute approximate surface area is 703 Å². The van der Waals surface area contributed by atoms with Crippen LogP contribution in [0.4, 0.5) is 0 Å². The summed E-state index contributed by atoms with van der Waals surface area (Å²) < 4.78 is 0. The Balaban J connectivity index is 2.45. The van der Waals surface area contributed by atoms with Crippen molar-refractivity contribution >= 4 is 112 Å². The molecule has 1 aromatic rings. The predicted molar refractivity (Wildman–Crippen MR) is 434 cm³/mol. The summed E-state index contributed by atoms with van der Waals surface area (Å²) in [5.74, 6) is -20.9. The third-order valence-corrected chi connectivity index (χ3v) is 19.0. The van der Waals surface area contributed by atoms with E-state index < -0.39 is 241 Å². The second kappa shape index (κ2) is 55.2. The number of guanidine groups is 2. The van der Waals surface area contributed by atoms with E-state index in [1.807, 2.05) is 5.32 Å². The van der Waals surface area contributed by atoms with Crippen molar-refractivity contribution in [2.24, 2.45) is 40.1 Å². The molecule has 122 heavy (non-hydrogen) atoms. The highest BCUT2D eigenvalue weighted by molar-refractivity contribution is 6.01. The molecule has 1 fully saturated rings. The Morgan fingerprint density at radius 2 is 0.820 bits per heavy atom. The highest BCUT2D eigenvalue weighted by Crippen LogP contribution is 2.22. The number of rotatable bonds is 58. The van der Waals surface area contributed by atoms with Crippen LogP contribution in [-0.4, -0.2) is 308 Å². The quantitative estimate of drug-likeness (QED) is 0.0164. The fraction of sp³-hybridized carbons (Fsp3) is 0.658. The van der Waals surface area contributed by atoms with E-state index in [0.717, 1.165) is 39.5 Å². The molecule has 0 bridgehead atoms. The molecular formula is C73H125N25O24. The summed E-state index contributed by atoms with van der Waals surface area (Å²) in [7, 11) is 0. The minimum absolute atomic E-state index is 0.0204. The van der Waals surface area contributed by atoms with Crippen LogP contribution in [0, 0.1) is 10.8 Å². The number of aromatic hydroxyl groups is 1.